The maximum Gasteiger partial charge on any atom is 0.329 e. The van der Waals surface area contributed by atoms with Gasteiger partial charge in [0.1, 0.15) is 11.7 Å². The van der Waals surface area contributed by atoms with Gasteiger partial charge in [0.05, 0.1) is 29.6 Å². The lowest BCUT2D eigenvalue weighted by Crippen LogP contribution is -2.42. The molecule has 10 nitrogen and oxygen atoms in total. The summed E-state index contributed by atoms with van der Waals surface area (Å²) < 4.78 is 10.2. The van der Waals surface area contributed by atoms with Crippen LogP contribution in [-0.4, -0.2) is 65.9 Å². The number of anilines is 1. The first-order chi connectivity index (χ1) is 14.3. The number of amides is 2. The number of nitro benzene ring substituents is 1. The van der Waals surface area contributed by atoms with Crippen LogP contribution < -0.4 is 4.90 Å². The van der Waals surface area contributed by atoms with Gasteiger partial charge in [-0.3, -0.25) is 24.6 Å². The molecule has 1 atom stereocenters. The van der Waals surface area contributed by atoms with Crippen LogP contribution in [-0.2, 0) is 19.1 Å². The summed E-state index contributed by atoms with van der Waals surface area (Å²) in [4.78, 5) is 50.7. The van der Waals surface area contributed by atoms with Crippen molar-refractivity contribution in [2.75, 3.05) is 37.8 Å². The number of carbonyl (C=O) groups excluding carboxylic acids is 3. The van der Waals surface area contributed by atoms with Gasteiger partial charge in [-0.25, -0.2) is 4.79 Å². The van der Waals surface area contributed by atoms with E-state index in [-0.39, 0.29) is 17.2 Å². The van der Waals surface area contributed by atoms with Crippen LogP contribution in [0.25, 0.3) is 6.08 Å². The molecular weight excluding hydrogens is 414 g/mol. The first-order valence-electron chi connectivity index (χ1n) is 9.38. The molecule has 160 valence electrons. The number of hydrogen-bond donors (Lipinski definition) is 0. The molecule has 2 amide bonds. The number of esters is 1. The normalized spacial score (nSPS) is 19.3. The number of rotatable bonds is 6. The molecule has 2 aliphatic heterocycles. The summed E-state index contributed by atoms with van der Waals surface area (Å²) in [6, 6.07) is 3.59. The Bertz CT molecular complexity index is 911. The van der Waals surface area contributed by atoms with Gasteiger partial charge >= 0.3 is 5.97 Å². The molecule has 1 aromatic rings. The van der Waals surface area contributed by atoms with Gasteiger partial charge in [-0.1, -0.05) is 6.07 Å². The van der Waals surface area contributed by atoms with E-state index in [1.165, 1.54) is 19.1 Å². The first kappa shape index (κ1) is 21.8. The second kappa shape index (κ2) is 9.26. The van der Waals surface area contributed by atoms with Crippen LogP contribution in [0.1, 0.15) is 19.4 Å². The highest BCUT2D eigenvalue weighted by Gasteiger charge is 2.41. The molecule has 0 saturated carbocycles. The molecule has 0 aromatic heterocycles. The van der Waals surface area contributed by atoms with Crippen molar-refractivity contribution in [1.82, 2.24) is 4.90 Å². The van der Waals surface area contributed by atoms with Crippen molar-refractivity contribution in [1.29, 1.82) is 0 Å². The zero-order chi connectivity index (χ0) is 21.8. The zero-order valence-corrected chi connectivity index (χ0v) is 17.3. The maximum absolute atomic E-state index is 12.7. The van der Waals surface area contributed by atoms with Crippen LogP contribution in [0.3, 0.4) is 0 Å². The van der Waals surface area contributed by atoms with Gasteiger partial charge in [0, 0.05) is 19.2 Å². The van der Waals surface area contributed by atoms with Gasteiger partial charge in [0.25, 0.3) is 16.8 Å². The molecular formula is C19H21N3O7S. The van der Waals surface area contributed by atoms with Crippen LogP contribution in [0.15, 0.2) is 23.1 Å². The number of morpholine rings is 1. The Morgan fingerprint density at radius 2 is 2.07 bits per heavy atom. The average molecular weight is 435 g/mol. The number of ether oxygens (including phenoxy) is 2. The third-order valence-electron chi connectivity index (χ3n) is 4.68. The van der Waals surface area contributed by atoms with E-state index in [4.69, 9.17) is 9.47 Å². The third kappa shape index (κ3) is 4.46. The van der Waals surface area contributed by atoms with Gasteiger partial charge in [-0.2, -0.15) is 0 Å². The van der Waals surface area contributed by atoms with E-state index in [0.717, 1.165) is 4.90 Å². The largest absolute Gasteiger partial charge is 0.464 e. The molecule has 1 aromatic carbocycles. The number of carbonyl (C=O) groups is 3. The fraction of sp³-hybridized carbons (Fsp3) is 0.421. The maximum atomic E-state index is 12.7. The van der Waals surface area contributed by atoms with E-state index in [1.54, 1.807) is 19.1 Å². The fourth-order valence-electron chi connectivity index (χ4n) is 3.18. The second-order valence-corrected chi connectivity index (χ2v) is 7.58. The Balaban J connectivity index is 1.86. The minimum atomic E-state index is -1.05. The van der Waals surface area contributed by atoms with E-state index < -0.39 is 28.1 Å². The van der Waals surface area contributed by atoms with E-state index in [1.807, 2.05) is 4.90 Å². The summed E-state index contributed by atoms with van der Waals surface area (Å²) in [6.07, 6.45) is 1.42. The van der Waals surface area contributed by atoms with Crippen LogP contribution in [0, 0.1) is 10.1 Å². The molecule has 0 bridgehead atoms. The zero-order valence-electron chi connectivity index (χ0n) is 16.5. The molecule has 2 aliphatic rings. The molecule has 0 unspecified atom stereocenters. The van der Waals surface area contributed by atoms with Crippen molar-refractivity contribution in [3.63, 3.8) is 0 Å². The Hall–Kier alpha value is -2.92. The summed E-state index contributed by atoms with van der Waals surface area (Å²) in [5, 5.41) is 11.0. The highest BCUT2D eigenvalue weighted by molar-refractivity contribution is 8.18. The lowest BCUT2D eigenvalue weighted by molar-refractivity contribution is -0.384. The van der Waals surface area contributed by atoms with E-state index >= 15 is 0 Å². The molecule has 0 aliphatic carbocycles. The Morgan fingerprint density at radius 1 is 1.37 bits per heavy atom. The van der Waals surface area contributed by atoms with Crippen LogP contribution in [0.4, 0.5) is 16.2 Å². The van der Waals surface area contributed by atoms with Gasteiger partial charge < -0.3 is 14.4 Å². The van der Waals surface area contributed by atoms with E-state index in [9.17, 15) is 24.5 Å². The van der Waals surface area contributed by atoms with Crippen LogP contribution in [0.5, 0.6) is 0 Å². The van der Waals surface area contributed by atoms with Crippen molar-refractivity contribution in [2.24, 2.45) is 0 Å². The quantitative estimate of drug-likeness (QED) is 0.287. The van der Waals surface area contributed by atoms with Crippen molar-refractivity contribution in [2.45, 2.75) is 19.9 Å². The topological polar surface area (TPSA) is 119 Å². The minimum absolute atomic E-state index is 0.0876. The summed E-state index contributed by atoms with van der Waals surface area (Å²) in [5.41, 5.74) is 0.794. The van der Waals surface area contributed by atoms with Crippen LogP contribution in [0.2, 0.25) is 0 Å². The number of benzene rings is 1. The molecule has 0 radical (unpaired) electrons. The SMILES string of the molecule is CCOC(=O)[C@@H](C)N1C(=O)S/C(=C/c2ccc(N3CCOCC3)c([N+](=O)[O-])c2)C1=O. The second-order valence-electron chi connectivity index (χ2n) is 6.58. The van der Waals surface area contributed by atoms with E-state index in [0.29, 0.717) is 49.3 Å². The highest BCUT2D eigenvalue weighted by Crippen LogP contribution is 2.36. The van der Waals surface area contributed by atoms with Crippen LogP contribution >= 0.6 is 11.8 Å². The average Bonchev–Trinajstić information content (AvgIpc) is 3.01. The molecule has 11 heteroatoms. The number of imide groups is 1. The molecule has 0 spiro atoms. The summed E-state index contributed by atoms with van der Waals surface area (Å²) in [5.74, 6) is -1.31. The van der Waals surface area contributed by atoms with Gasteiger partial charge in [0.2, 0.25) is 0 Å². The summed E-state index contributed by atoms with van der Waals surface area (Å²) >= 11 is 0.681. The fourth-order valence-corrected chi connectivity index (χ4v) is 4.09. The van der Waals surface area contributed by atoms with Crippen molar-refractivity contribution >= 4 is 46.3 Å². The predicted octanol–water partition coefficient (Wildman–Crippen LogP) is 2.42. The monoisotopic (exact) mass is 435 g/mol. The van der Waals surface area contributed by atoms with Crippen molar-refractivity contribution in [3.05, 3.63) is 38.8 Å². The Labute approximate surface area is 176 Å². The predicted molar refractivity (Wildman–Crippen MR) is 110 cm³/mol. The first-order valence-corrected chi connectivity index (χ1v) is 10.2. The Morgan fingerprint density at radius 3 is 2.70 bits per heavy atom. The molecule has 3 rings (SSSR count). The smallest absolute Gasteiger partial charge is 0.329 e. The lowest BCUT2D eigenvalue weighted by Gasteiger charge is -2.28. The number of hydrogen-bond acceptors (Lipinski definition) is 9. The van der Waals surface area contributed by atoms with Crippen molar-refractivity contribution < 1.29 is 28.8 Å². The molecule has 2 fully saturated rings. The lowest BCUT2D eigenvalue weighted by atomic mass is 10.1. The molecule has 2 saturated heterocycles. The molecule has 2 heterocycles. The highest BCUT2D eigenvalue weighted by atomic mass is 32.2. The van der Waals surface area contributed by atoms with Gasteiger partial charge in [-0.15, -0.1) is 0 Å². The summed E-state index contributed by atoms with van der Waals surface area (Å²) in [7, 11) is 0. The third-order valence-corrected chi connectivity index (χ3v) is 5.57. The van der Waals surface area contributed by atoms with Crippen molar-refractivity contribution in [3.8, 4) is 0 Å². The number of nitro groups is 1. The number of nitrogens with zero attached hydrogens (tertiary/aromatic N) is 3. The molecule has 30 heavy (non-hydrogen) atoms. The standard InChI is InChI=1S/C19H21N3O7S/c1-3-29-18(24)12(2)21-17(23)16(30-19(21)25)11-13-4-5-14(15(10-13)22(26)27)20-6-8-28-9-7-20/h4-5,10-12H,3,6-9H2,1-2H3/b16-11+/t12-/m1/s1. The van der Waals surface area contributed by atoms with E-state index in [2.05, 4.69) is 0 Å². The molecule has 0 N–H and O–H groups in total. The summed E-state index contributed by atoms with van der Waals surface area (Å²) in [6.45, 7) is 5.25. The van der Waals surface area contributed by atoms with Gasteiger partial charge in [-0.05, 0) is 43.3 Å². The minimum Gasteiger partial charge on any atom is -0.464 e. The Kier molecular flexibility index (Phi) is 6.73. The number of thioether (sulfide) groups is 1. The van der Waals surface area contributed by atoms with Gasteiger partial charge in [0.15, 0.2) is 0 Å².